The van der Waals surface area contributed by atoms with Gasteiger partial charge in [0.05, 0.1) is 19.3 Å². The number of hydrogen-bond acceptors (Lipinski definition) is 7. The second kappa shape index (κ2) is 9.52. The summed E-state index contributed by atoms with van der Waals surface area (Å²) in [7, 11) is 1.32. The van der Waals surface area contributed by atoms with Crippen LogP contribution in [0.4, 0.5) is 10.1 Å². The zero-order valence-electron chi connectivity index (χ0n) is 20.6. The number of aryl methyl sites for hydroxylation is 1. The summed E-state index contributed by atoms with van der Waals surface area (Å²) in [5.74, 6) is -0.327. The van der Waals surface area contributed by atoms with Crippen LogP contribution in [-0.2, 0) is 19.1 Å². The molecule has 4 aliphatic rings. The van der Waals surface area contributed by atoms with Crippen molar-refractivity contribution in [2.45, 2.75) is 44.2 Å². The molecule has 1 amide bonds. The molecule has 2 bridgehead atoms. The van der Waals surface area contributed by atoms with Crippen molar-refractivity contribution in [2.75, 3.05) is 31.7 Å². The summed E-state index contributed by atoms with van der Waals surface area (Å²) in [5, 5.41) is 3.51. The summed E-state index contributed by atoms with van der Waals surface area (Å²) in [5.41, 5.74) is 0.688. The third-order valence-electron chi connectivity index (χ3n) is 7.43. The van der Waals surface area contributed by atoms with Crippen LogP contribution in [0.5, 0.6) is 11.5 Å². The maximum absolute atomic E-state index is 13.7. The van der Waals surface area contributed by atoms with Crippen molar-refractivity contribution in [1.82, 2.24) is 5.32 Å². The number of ether oxygens (including phenoxy) is 3. The van der Waals surface area contributed by atoms with Crippen molar-refractivity contribution in [3.05, 3.63) is 52.8 Å². The lowest BCUT2D eigenvalue weighted by atomic mass is 9.38. The molecule has 8 nitrogen and oxygen atoms in total. The Labute approximate surface area is 219 Å². The number of fused-ring (bicyclic) bond motifs is 1. The molecule has 1 N–H and O–H groups in total. The van der Waals surface area contributed by atoms with E-state index < -0.39 is 12.1 Å². The van der Waals surface area contributed by atoms with E-state index in [1.54, 1.807) is 42.2 Å². The number of halogens is 2. The molecular formula is C27H28ClFN2O6. The number of methoxy groups -OCH3 is 1. The number of carbonyl (C=O) groups is 3. The highest BCUT2D eigenvalue weighted by Gasteiger charge is 2.68. The summed E-state index contributed by atoms with van der Waals surface area (Å²) in [4.78, 5) is 39.3. The smallest absolute Gasteiger partial charge is 0.325 e. The molecule has 0 spiro atoms. The summed E-state index contributed by atoms with van der Waals surface area (Å²) < 4.78 is 29.9. The Kier molecular flexibility index (Phi) is 6.52. The first-order chi connectivity index (χ1) is 17.6. The molecule has 3 aliphatic carbocycles. The lowest BCUT2D eigenvalue weighted by Crippen LogP contribution is -2.75. The molecule has 0 radical (unpaired) electrons. The molecule has 196 valence electrons. The number of Topliss-reactive ketones (excluding diaryl/α,β-unsaturated/α-hetero) is 1. The monoisotopic (exact) mass is 530 g/mol. The molecule has 37 heavy (non-hydrogen) atoms. The topological polar surface area (TPSA) is 94.2 Å². The molecule has 2 aromatic carbocycles. The molecule has 0 unspecified atom stereocenters. The average Bonchev–Trinajstić information content (AvgIpc) is 2.82. The van der Waals surface area contributed by atoms with Crippen molar-refractivity contribution in [3.63, 3.8) is 0 Å². The van der Waals surface area contributed by atoms with Crippen LogP contribution < -0.4 is 19.7 Å². The second-order valence-electron chi connectivity index (χ2n) is 10.4. The molecule has 2 aromatic rings. The van der Waals surface area contributed by atoms with Gasteiger partial charge in [0, 0.05) is 23.0 Å². The number of amides is 1. The van der Waals surface area contributed by atoms with Crippen LogP contribution >= 0.6 is 11.6 Å². The van der Waals surface area contributed by atoms with Crippen LogP contribution in [0.15, 0.2) is 36.4 Å². The molecule has 1 heterocycles. The van der Waals surface area contributed by atoms with Gasteiger partial charge in [-0.15, -0.1) is 0 Å². The highest BCUT2D eigenvalue weighted by atomic mass is 35.5. The Balaban J connectivity index is 1.13. The van der Waals surface area contributed by atoms with Gasteiger partial charge in [-0.2, -0.15) is 0 Å². The van der Waals surface area contributed by atoms with Gasteiger partial charge >= 0.3 is 5.97 Å². The van der Waals surface area contributed by atoms with Crippen LogP contribution in [0.3, 0.4) is 0 Å². The van der Waals surface area contributed by atoms with Gasteiger partial charge < -0.3 is 24.4 Å². The Morgan fingerprint density at radius 3 is 2.65 bits per heavy atom. The molecular weight excluding hydrogens is 503 g/mol. The van der Waals surface area contributed by atoms with E-state index in [2.05, 4.69) is 5.32 Å². The zero-order chi connectivity index (χ0) is 26.4. The van der Waals surface area contributed by atoms with Crippen LogP contribution in [0.1, 0.15) is 31.2 Å². The minimum Gasteiger partial charge on any atom is -0.484 e. The highest BCUT2D eigenvalue weighted by Crippen LogP contribution is 2.69. The van der Waals surface area contributed by atoms with E-state index in [9.17, 15) is 18.8 Å². The summed E-state index contributed by atoms with van der Waals surface area (Å²) in [6.45, 7) is 1.65. The van der Waals surface area contributed by atoms with Crippen molar-refractivity contribution in [2.24, 2.45) is 5.41 Å². The van der Waals surface area contributed by atoms with E-state index in [1.807, 2.05) is 0 Å². The van der Waals surface area contributed by atoms with Crippen LogP contribution in [0.2, 0.25) is 5.02 Å². The lowest BCUT2D eigenvalue weighted by Gasteiger charge is -2.70. The van der Waals surface area contributed by atoms with Crippen molar-refractivity contribution in [3.8, 4) is 11.5 Å². The summed E-state index contributed by atoms with van der Waals surface area (Å²) in [6.07, 6.45) is 1.74. The normalized spacial score (nSPS) is 25.1. The van der Waals surface area contributed by atoms with Crippen LogP contribution in [0.25, 0.3) is 0 Å². The first kappa shape index (κ1) is 25.3. The lowest BCUT2D eigenvalue weighted by molar-refractivity contribution is -0.175. The number of hydrogen-bond donors (Lipinski definition) is 1. The first-order valence-corrected chi connectivity index (χ1v) is 12.5. The van der Waals surface area contributed by atoms with Gasteiger partial charge in [0.25, 0.3) is 5.91 Å². The maximum Gasteiger partial charge on any atom is 0.325 e. The first-order valence-electron chi connectivity index (χ1n) is 12.1. The number of ketones is 1. The fourth-order valence-electron chi connectivity index (χ4n) is 5.81. The SMILES string of the molecule is COC(=O)CN1C[C@@H](C(=O)CC23CC(NC(=O)COc4ccc(C)c(F)c4)(C2)C3)Oc2ccc(Cl)cc21. The van der Waals surface area contributed by atoms with Gasteiger partial charge in [-0.1, -0.05) is 17.7 Å². The van der Waals surface area contributed by atoms with Gasteiger partial charge in [0.2, 0.25) is 0 Å². The van der Waals surface area contributed by atoms with Crippen molar-refractivity contribution < 1.29 is 33.0 Å². The van der Waals surface area contributed by atoms with Gasteiger partial charge in [-0.25, -0.2) is 4.39 Å². The Morgan fingerprint density at radius 2 is 1.95 bits per heavy atom. The van der Waals surface area contributed by atoms with E-state index in [0.29, 0.717) is 53.5 Å². The minimum atomic E-state index is -0.721. The summed E-state index contributed by atoms with van der Waals surface area (Å²) >= 11 is 6.12. The van der Waals surface area contributed by atoms with E-state index in [0.717, 1.165) is 0 Å². The van der Waals surface area contributed by atoms with Crippen molar-refractivity contribution in [1.29, 1.82) is 0 Å². The fraction of sp³-hybridized carbons (Fsp3) is 0.444. The van der Waals surface area contributed by atoms with E-state index in [4.69, 9.17) is 25.8 Å². The number of rotatable bonds is 9. The number of esters is 1. The quantitative estimate of drug-likeness (QED) is 0.495. The van der Waals surface area contributed by atoms with Crippen molar-refractivity contribution >= 4 is 34.9 Å². The van der Waals surface area contributed by atoms with E-state index >= 15 is 0 Å². The fourth-order valence-corrected chi connectivity index (χ4v) is 5.98. The average molecular weight is 531 g/mol. The molecule has 10 heteroatoms. The molecule has 0 saturated heterocycles. The number of anilines is 1. The summed E-state index contributed by atoms with van der Waals surface area (Å²) in [6, 6.07) is 9.56. The van der Waals surface area contributed by atoms with Gasteiger partial charge in [0.15, 0.2) is 18.5 Å². The third kappa shape index (κ3) is 5.09. The Bertz CT molecular complexity index is 1250. The minimum absolute atomic E-state index is 0.0193. The molecule has 3 saturated carbocycles. The van der Waals surface area contributed by atoms with Crippen LogP contribution in [-0.4, -0.2) is 56.1 Å². The number of nitrogens with zero attached hydrogens (tertiary/aromatic N) is 1. The largest absolute Gasteiger partial charge is 0.484 e. The molecule has 0 aromatic heterocycles. The Morgan fingerprint density at radius 1 is 1.19 bits per heavy atom. The number of carbonyl (C=O) groups excluding carboxylic acids is 3. The second-order valence-corrected chi connectivity index (χ2v) is 10.8. The van der Waals surface area contributed by atoms with Gasteiger partial charge in [-0.05, 0) is 61.4 Å². The predicted molar refractivity (Wildman–Crippen MR) is 134 cm³/mol. The molecule has 1 aliphatic heterocycles. The molecule has 1 atom stereocenters. The molecule has 3 fully saturated rings. The molecule has 6 rings (SSSR count). The standard InChI is InChI=1S/C27H28ClFN2O6/c1-16-3-5-18(8-19(16)29)36-12-24(33)30-27-13-26(14-27,15-27)9-21(32)23-10-31(11-25(34)35-2)20-7-17(28)4-6-22(20)37-23/h3-8,23H,9-15H2,1-2H3,(H,30,33)/t23-,26?,27?/m0/s1. The van der Waals surface area contributed by atoms with E-state index in [-0.39, 0.29) is 48.2 Å². The number of benzene rings is 2. The Hall–Kier alpha value is -3.33. The third-order valence-corrected chi connectivity index (χ3v) is 7.67. The zero-order valence-corrected chi connectivity index (χ0v) is 21.4. The van der Waals surface area contributed by atoms with Gasteiger partial charge in [-0.3, -0.25) is 14.4 Å². The predicted octanol–water partition coefficient (Wildman–Crippen LogP) is 3.61. The highest BCUT2D eigenvalue weighted by molar-refractivity contribution is 6.31. The van der Waals surface area contributed by atoms with E-state index in [1.165, 1.54) is 13.2 Å². The van der Waals surface area contributed by atoms with Gasteiger partial charge in [0.1, 0.15) is 23.9 Å². The number of nitrogens with one attached hydrogen (secondary N) is 1. The maximum atomic E-state index is 13.7. The van der Waals surface area contributed by atoms with Crippen LogP contribution in [0, 0.1) is 18.2 Å².